The zero-order valence-corrected chi connectivity index (χ0v) is 6.53. The molecule has 6 nitrogen and oxygen atoms in total. The Morgan fingerprint density at radius 1 is 1.75 bits per heavy atom. The minimum Gasteiger partial charge on any atom is -0.480 e. The fourth-order valence-corrected chi connectivity index (χ4v) is 0.501. The van der Waals surface area contributed by atoms with Crippen LogP contribution >= 0.6 is 0 Å². The van der Waals surface area contributed by atoms with Crippen LogP contribution in [0.5, 0.6) is 0 Å². The number of hydrogen-bond acceptors (Lipinski definition) is 3. The van der Waals surface area contributed by atoms with E-state index in [0.29, 0.717) is 0 Å². The van der Waals surface area contributed by atoms with Crippen molar-refractivity contribution in [1.82, 2.24) is 0 Å². The molecule has 0 amide bonds. The van der Waals surface area contributed by atoms with Gasteiger partial charge < -0.3 is 22.3 Å². The summed E-state index contributed by atoms with van der Waals surface area (Å²) in [5, 5.41) is 8.50. The zero-order chi connectivity index (χ0) is 11.4. The van der Waals surface area contributed by atoms with E-state index in [9.17, 15) is 4.79 Å². The van der Waals surface area contributed by atoms with Crippen molar-refractivity contribution in [2.24, 2.45) is 22.2 Å². The highest BCUT2D eigenvalue weighted by Gasteiger charge is 2.09. The molecule has 0 aliphatic heterocycles. The summed E-state index contributed by atoms with van der Waals surface area (Å²) in [7, 11) is 0. The highest BCUT2D eigenvalue weighted by atomic mass is 16.4. The number of carbonyl (C=O) groups is 1. The van der Waals surface area contributed by atoms with Gasteiger partial charge in [0.05, 0.1) is 1.37 Å². The predicted octanol–water partition coefficient (Wildman–Crippen LogP) is -1.55. The SMILES string of the molecule is [2H]C(CCN=C(N)N)[C@]([2H])(N)C(=O)O. The second kappa shape index (κ2) is 5.36. The van der Waals surface area contributed by atoms with Gasteiger partial charge >= 0.3 is 5.97 Å². The van der Waals surface area contributed by atoms with Gasteiger partial charge in [-0.15, -0.1) is 0 Å². The van der Waals surface area contributed by atoms with Gasteiger partial charge in [0.15, 0.2) is 5.96 Å². The first kappa shape index (κ1) is 7.35. The lowest BCUT2D eigenvalue weighted by molar-refractivity contribution is -0.138. The molecule has 0 saturated carbocycles. The van der Waals surface area contributed by atoms with Crippen LogP contribution in [-0.2, 0) is 4.79 Å². The van der Waals surface area contributed by atoms with E-state index in [0.717, 1.165) is 0 Å². The van der Waals surface area contributed by atoms with Crippen LogP contribution in [0.25, 0.3) is 0 Å². The number of carboxylic acids is 1. The van der Waals surface area contributed by atoms with Gasteiger partial charge in [-0.3, -0.25) is 9.79 Å². The van der Waals surface area contributed by atoms with Crippen LogP contribution in [-0.4, -0.2) is 29.6 Å². The van der Waals surface area contributed by atoms with Crippen molar-refractivity contribution in [3.63, 3.8) is 0 Å². The Morgan fingerprint density at radius 2 is 2.33 bits per heavy atom. The maximum absolute atomic E-state index is 10.4. The molecule has 2 atom stereocenters. The zero-order valence-electron chi connectivity index (χ0n) is 8.53. The minimum absolute atomic E-state index is 0.0181. The smallest absolute Gasteiger partial charge is 0.320 e. The highest BCUT2D eigenvalue weighted by molar-refractivity contribution is 5.75. The Hall–Kier alpha value is -1.30. The summed E-state index contributed by atoms with van der Waals surface area (Å²) in [6.45, 7) is 0.0849. The van der Waals surface area contributed by atoms with Crippen molar-refractivity contribution in [1.29, 1.82) is 0 Å². The molecule has 0 aromatic carbocycles. The molecule has 70 valence electrons. The van der Waals surface area contributed by atoms with E-state index in [2.05, 4.69) is 4.99 Å². The fraction of sp³-hybridized carbons (Fsp3) is 0.667. The van der Waals surface area contributed by atoms with Crippen LogP contribution in [0.2, 0.25) is 0 Å². The summed E-state index contributed by atoms with van der Waals surface area (Å²) in [6, 6.07) is -2.32. The van der Waals surface area contributed by atoms with Crippen LogP contribution in [0.3, 0.4) is 0 Å². The molecule has 0 aromatic rings. The number of rotatable bonds is 5. The molecule has 0 aliphatic rings. The maximum atomic E-state index is 10.4. The van der Waals surface area contributed by atoms with Crippen molar-refractivity contribution in [3.05, 3.63) is 0 Å². The third-order valence-electron chi connectivity index (χ3n) is 1.03. The number of carboxylic acid groups (broad SMARTS) is 1. The second-order valence-corrected chi connectivity index (χ2v) is 2.06. The molecule has 0 aromatic heterocycles. The summed E-state index contributed by atoms with van der Waals surface area (Å²) in [6.07, 6.45) is -1.26. The summed E-state index contributed by atoms with van der Waals surface area (Å²) in [4.78, 5) is 14.0. The lowest BCUT2D eigenvalue weighted by Crippen LogP contribution is -2.30. The van der Waals surface area contributed by atoms with Crippen LogP contribution in [0, 0.1) is 0 Å². The van der Waals surface area contributed by atoms with Gasteiger partial charge in [-0.05, 0) is 12.8 Å². The predicted molar refractivity (Wildman–Crippen MR) is 45.5 cm³/mol. The van der Waals surface area contributed by atoms with E-state index in [1.807, 2.05) is 0 Å². The molecule has 1 unspecified atom stereocenters. The van der Waals surface area contributed by atoms with Crippen molar-refractivity contribution in [2.45, 2.75) is 18.8 Å². The standard InChI is InChI=1S/C6H14N4O2/c7-4(5(11)12)2-1-3-10-6(8)9/h4H,1-3,7H2,(H,11,12)(H4,8,9,10)/t4-/m0/s1/i2D,4D/t2?,4-. The minimum atomic E-state index is -2.32. The first-order chi connectivity index (χ1) is 6.28. The molecule has 7 N–H and O–H groups in total. The van der Waals surface area contributed by atoms with E-state index in [1.165, 1.54) is 0 Å². The maximum Gasteiger partial charge on any atom is 0.320 e. The van der Waals surface area contributed by atoms with Crippen LogP contribution < -0.4 is 17.2 Å². The van der Waals surface area contributed by atoms with E-state index >= 15 is 0 Å². The molecule has 0 aliphatic carbocycles. The fourth-order valence-electron chi connectivity index (χ4n) is 0.501. The Kier molecular flexibility index (Phi) is 3.29. The lowest BCUT2D eigenvalue weighted by Gasteiger charge is -2.03. The molecule has 0 radical (unpaired) electrons. The van der Waals surface area contributed by atoms with Crippen LogP contribution in [0.15, 0.2) is 4.99 Å². The molecule has 6 heteroatoms. The quantitative estimate of drug-likeness (QED) is 0.298. The van der Waals surface area contributed by atoms with Gasteiger partial charge in [0.1, 0.15) is 6.02 Å². The third kappa shape index (κ3) is 5.48. The van der Waals surface area contributed by atoms with E-state index in [1.54, 1.807) is 0 Å². The van der Waals surface area contributed by atoms with Gasteiger partial charge in [0.2, 0.25) is 0 Å². The first-order valence-electron chi connectivity index (χ1n) is 4.36. The largest absolute Gasteiger partial charge is 0.480 e. The number of guanidine groups is 1. The molecule has 0 rings (SSSR count). The molecule has 12 heavy (non-hydrogen) atoms. The molecular weight excluding hydrogens is 160 g/mol. The molecule has 0 fully saturated rings. The summed E-state index contributed by atoms with van der Waals surface area (Å²) < 4.78 is 14.5. The van der Waals surface area contributed by atoms with Gasteiger partial charge in [0, 0.05) is 7.92 Å². The Balaban J connectivity index is 4.15. The number of nitrogens with zero attached hydrogens (tertiary/aromatic N) is 1. The summed E-state index contributed by atoms with van der Waals surface area (Å²) >= 11 is 0. The van der Waals surface area contributed by atoms with Crippen LogP contribution in [0.4, 0.5) is 0 Å². The average Bonchev–Trinajstić information content (AvgIpc) is 2.02. The third-order valence-corrected chi connectivity index (χ3v) is 1.03. The monoisotopic (exact) mass is 176 g/mol. The lowest BCUT2D eigenvalue weighted by atomic mass is 10.2. The number of aliphatic carboxylic acids is 1. The normalized spacial score (nSPS) is 19.8. The number of hydrogen-bond donors (Lipinski definition) is 4. The Bertz CT molecular complexity index is 240. The Morgan fingerprint density at radius 3 is 2.75 bits per heavy atom. The van der Waals surface area contributed by atoms with Crippen LogP contribution in [0.1, 0.15) is 15.6 Å². The van der Waals surface area contributed by atoms with Crippen molar-refractivity contribution >= 4 is 11.9 Å². The van der Waals surface area contributed by atoms with Gasteiger partial charge in [-0.1, -0.05) is 0 Å². The molecule has 0 spiro atoms. The van der Waals surface area contributed by atoms with Gasteiger partial charge in [-0.2, -0.15) is 0 Å². The molecular formula is C6H14N4O2. The highest BCUT2D eigenvalue weighted by Crippen LogP contribution is 1.94. The number of aliphatic imine (C=N–C) groups is 1. The van der Waals surface area contributed by atoms with E-state index < -0.39 is 18.4 Å². The average molecular weight is 176 g/mol. The van der Waals surface area contributed by atoms with Crippen molar-refractivity contribution < 1.29 is 12.6 Å². The van der Waals surface area contributed by atoms with E-state index in [4.69, 9.17) is 25.0 Å². The van der Waals surface area contributed by atoms with E-state index in [-0.39, 0.29) is 18.9 Å². The Labute approximate surface area is 73.2 Å². The second-order valence-electron chi connectivity index (χ2n) is 2.06. The number of nitrogens with two attached hydrogens (primary N) is 3. The topological polar surface area (TPSA) is 128 Å². The van der Waals surface area contributed by atoms with Crippen molar-refractivity contribution in [3.8, 4) is 0 Å². The molecule has 0 bridgehead atoms. The molecule has 0 heterocycles. The van der Waals surface area contributed by atoms with Gasteiger partial charge in [-0.25, -0.2) is 0 Å². The summed E-state index contributed by atoms with van der Waals surface area (Å²) in [5.41, 5.74) is 15.1. The van der Waals surface area contributed by atoms with Gasteiger partial charge in [0.25, 0.3) is 0 Å². The summed E-state index contributed by atoms with van der Waals surface area (Å²) in [5.74, 6) is -1.68. The molecule has 0 saturated heterocycles. The first-order valence-corrected chi connectivity index (χ1v) is 3.28. The van der Waals surface area contributed by atoms with Crippen molar-refractivity contribution in [2.75, 3.05) is 6.54 Å².